The molecule has 0 bridgehead atoms. The van der Waals surface area contributed by atoms with E-state index >= 15 is 0 Å². The molecule has 3 aromatic carbocycles. The van der Waals surface area contributed by atoms with Crippen molar-refractivity contribution in [2.75, 3.05) is 13.9 Å². The van der Waals surface area contributed by atoms with E-state index in [-0.39, 0.29) is 23.9 Å². The molecule has 3 aromatic rings. The first-order valence-corrected chi connectivity index (χ1v) is 11.5. The van der Waals surface area contributed by atoms with E-state index in [2.05, 4.69) is 0 Å². The average molecular weight is 465 g/mol. The van der Waals surface area contributed by atoms with Crippen LogP contribution in [0.2, 0.25) is 0 Å². The molecule has 0 saturated heterocycles. The van der Waals surface area contributed by atoms with Crippen molar-refractivity contribution in [3.8, 4) is 17.2 Å². The summed E-state index contributed by atoms with van der Waals surface area (Å²) < 4.78 is 44.1. The maximum absolute atomic E-state index is 13.6. The zero-order valence-electron chi connectivity index (χ0n) is 17.5. The fourth-order valence-electron chi connectivity index (χ4n) is 4.01. The summed E-state index contributed by atoms with van der Waals surface area (Å²) in [6.45, 7) is -0.0888. The van der Waals surface area contributed by atoms with Gasteiger partial charge in [0, 0.05) is 11.1 Å². The van der Waals surface area contributed by atoms with E-state index in [9.17, 15) is 18.3 Å². The van der Waals surface area contributed by atoms with Crippen molar-refractivity contribution in [1.29, 1.82) is 0 Å². The van der Waals surface area contributed by atoms with Gasteiger partial charge in [-0.15, -0.1) is 0 Å². The number of ether oxygens (including phenoxy) is 3. The van der Waals surface area contributed by atoms with Crippen LogP contribution >= 0.6 is 0 Å². The first kappa shape index (κ1) is 20.9. The zero-order valence-corrected chi connectivity index (χ0v) is 18.3. The Bertz CT molecular complexity index is 1390. The number of aliphatic carboxylic acids is 1. The van der Waals surface area contributed by atoms with E-state index < -0.39 is 16.0 Å². The fraction of sp³-hybridized carbons (Fsp3) is 0.125. The lowest BCUT2D eigenvalue weighted by atomic mass is 9.94. The fourth-order valence-corrected chi connectivity index (χ4v) is 5.67. The van der Waals surface area contributed by atoms with Crippen LogP contribution in [0.3, 0.4) is 0 Å². The van der Waals surface area contributed by atoms with Crippen LogP contribution in [-0.4, -0.2) is 37.7 Å². The first-order valence-electron chi connectivity index (χ1n) is 10.0. The number of sulfonamides is 1. The minimum atomic E-state index is -4.14. The van der Waals surface area contributed by atoms with Gasteiger partial charge in [-0.1, -0.05) is 36.4 Å². The summed E-state index contributed by atoms with van der Waals surface area (Å²) in [5, 5.41) is 10.2. The third-order valence-electron chi connectivity index (χ3n) is 5.56. The number of hydrogen-bond acceptors (Lipinski definition) is 6. The quantitative estimate of drug-likeness (QED) is 0.616. The Balaban J connectivity index is 1.74. The highest BCUT2D eigenvalue weighted by Gasteiger charge is 2.40. The third kappa shape index (κ3) is 3.46. The van der Waals surface area contributed by atoms with E-state index in [1.807, 2.05) is 0 Å². The van der Waals surface area contributed by atoms with Gasteiger partial charge < -0.3 is 19.3 Å². The van der Waals surface area contributed by atoms with Crippen LogP contribution in [0, 0.1) is 0 Å². The summed E-state index contributed by atoms with van der Waals surface area (Å²) >= 11 is 0. The number of carboxylic acid groups (broad SMARTS) is 1. The summed E-state index contributed by atoms with van der Waals surface area (Å²) in [4.78, 5) is 12.6. The number of hydrogen-bond donors (Lipinski definition) is 1. The van der Waals surface area contributed by atoms with Crippen LogP contribution in [0.4, 0.5) is 0 Å². The Kier molecular flexibility index (Phi) is 4.98. The molecule has 0 atom stereocenters. The van der Waals surface area contributed by atoms with Crippen molar-refractivity contribution in [2.45, 2.75) is 11.4 Å². The second-order valence-electron chi connectivity index (χ2n) is 7.45. The van der Waals surface area contributed by atoms with Gasteiger partial charge in [0.25, 0.3) is 10.0 Å². The summed E-state index contributed by atoms with van der Waals surface area (Å²) in [7, 11) is -2.60. The topological polar surface area (TPSA) is 102 Å². The standard InChI is InChI=1S/C24H19NO7S/c1-30-17-9-6-15(7-10-17)13-25-23(24(26)27)22(16-8-11-19-20(12-16)32-14-31-19)18-4-2-3-5-21(18)33(25,28)29/h2-12H,13-14H2,1H3,(H,26,27). The predicted molar refractivity (Wildman–Crippen MR) is 118 cm³/mol. The molecule has 5 rings (SSSR count). The summed E-state index contributed by atoms with van der Waals surface area (Å²) in [5.41, 5.74) is 1.41. The van der Waals surface area contributed by atoms with Crippen molar-refractivity contribution in [3.05, 3.63) is 89.1 Å². The van der Waals surface area contributed by atoms with Gasteiger partial charge in [-0.3, -0.25) is 4.31 Å². The Morgan fingerprint density at radius 1 is 1.03 bits per heavy atom. The SMILES string of the molecule is COc1ccc(CN2C(C(=O)O)=C(c3ccc4c(c3)OCO4)c3ccccc3S2(=O)=O)cc1. The van der Waals surface area contributed by atoms with Crippen LogP contribution in [0.15, 0.2) is 77.3 Å². The van der Waals surface area contributed by atoms with E-state index in [1.54, 1.807) is 60.7 Å². The lowest BCUT2D eigenvalue weighted by molar-refractivity contribution is -0.133. The molecule has 0 spiro atoms. The molecule has 0 aliphatic carbocycles. The van der Waals surface area contributed by atoms with Gasteiger partial charge in [0.1, 0.15) is 11.4 Å². The average Bonchev–Trinajstić information content (AvgIpc) is 3.29. The Morgan fingerprint density at radius 2 is 1.76 bits per heavy atom. The van der Waals surface area contributed by atoms with Crippen LogP contribution in [0.25, 0.3) is 5.57 Å². The van der Waals surface area contributed by atoms with Crippen LogP contribution in [-0.2, 0) is 21.4 Å². The molecule has 0 aromatic heterocycles. The zero-order chi connectivity index (χ0) is 23.2. The molecule has 2 heterocycles. The van der Waals surface area contributed by atoms with Gasteiger partial charge in [-0.2, -0.15) is 0 Å². The van der Waals surface area contributed by atoms with Gasteiger partial charge in [0.05, 0.1) is 18.6 Å². The van der Waals surface area contributed by atoms with Gasteiger partial charge in [-0.25, -0.2) is 13.2 Å². The molecule has 9 heteroatoms. The van der Waals surface area contributed by atoms with Gasteiger partial charge in [0.2, 0.25) is 6.79 Å². The number of carboxylic acids is 1. The number of fused-ring (bicyclic) bond motifs is 2. The minimum absolute atomic E-state index is 0.0381. The number of nitrogens with zero attached hydrogens (tertiary/aromatic N) is 1. The number of rotatable bonds is 5. The van der Waals surface area contributed by atoms with Crippen molar-refractivity contribution >= 4 is 21.6 Å². The molecule has 168 valence electrons. The first-order chi connectivity index (χ1) is 15.9. The molecule has 0 saturated carbocycles. The highest BCUT2D eigenvalue weighted by atomic mass is 32.2. The van der Waals surface area contributed by atoms with E-state index in [1.165, 1.54) is 13.2 Å². The molecular formula is C24H19NO7S. The van der Waals surface area contributed by atoms with Crippen LogP contribution < -0.4 is 14.2 Å². The lowest BCUT2D eigenvalue weighted by Gasteiger charge is -2.32. The van der Waals surface area contributed by atoms with Gasteiger partial charge in [-0.05, 0) is 41.5 Å². The molecule has 33 heavy (non-hydrogen) atoms. The largest absolute Gasteiger partial charge is 0.497 e. The second-order valence-corrected chi connectivity index (χ2v) is 9.28. The maximum Gasteiger partial charge on any atom is 0.353 e. The maximum atomic E-state index is 13.6. The van der Waals surface area contributed by atoms with Crippen molar-refractivity contribution in [3.63, 3.8) is 0 Å². The predicted octanol–water partition coefficient (Wildman–Crippen LogP) is 3.47. The third-order valence-corrected chi connectivity index (χ3v) is 7.36. The molecule has 2 aliphatic heterocycles. The van der Waals surface area contributed by atoms with Crippen molar-refractivity contribution in [2.24, 2.45) is 0 Å². The van der Waals surface area contributed by atoms with Crippen LogP contribution in [0.5, 0.6) is 17.2 Å². The van der Waals surface area contributed by atoms with E-state index in [0.717, 1.165) is 4.31 Å². The molecule has 8 nitrogen and oxygen atoms in total. The van der Waals surface area contributed by atoms with E-state index in [0.29, 0.717) is 39.5 Å². The number of methoxy groups -OCH3 is 1. The number of carbonyl (C=O) groups is 1. The summed E-state index contributed by atoms with van der Waals surface area (Å²) in [6, 6.07) is 18.2. The molecular weight excluding hydrogens is 446 g/mol. The normalized spacial score (nSPS) is 15.8. The highest BCUT2D eigenvalue weighted by molar-refractivity contribution is 7.89. The molecule has 0 fully saturated rings. The van der Waals surface area contributed by atoms with Crippen molar-refractivity contribution in [1.82, 2.24) is 4.31 Å². The number of benzene rings is 3. The smallest absolute Gasteiger partial charge is 0.353 e. The molecule has 0 unspecified atom stereocenters. The lowest BCUT2D eigenvalue weighted by Crippen LogP contribution is -2.37. The Hall–Kier alpha value is -3.98. The van der Waals surface area contributed by atoms with Gasteiger partial charge in [0.15, 0.2) is 11.5 Å². The molecule has 0 amide bonds. The Labute approximate surface area is 190 Å². The molecule has 2 aliphatic rings. The van der Waals surface area contributed by atoms with E-state index in [4.69, 9.17) is 14.2 Å². The minimum Gasteiger partial charge on any atom is -0.497 e. The highest BCUT2D eigenvalue weighted by Crippen LogP contribution is 2.43. The Morgan fingerprint density at radius 3 is 2.48 bits per heavy atom. The van der Waals surface area contributed by atoms with Crippen molar-refractivity contribution < 1.29 is 32.5 Å². The van der Waals surface area contributed by atoms with Gasteiger partial charge >= 0.3 is 5.97 Å². The van der Waals surface area contributed by atoms with Crippen LogP contribution in [0.1, 0.15) is 16.7 Å². The second kappa shape index (κ2) is 7.86. The summed E-state index contributed by atoms with van der Waals surface area (Å²) in [5.74, 6) is 0.273. The monoisotopic (exact) mass is 465 g/mol. The molecule has 1 N–H and O–H groups in total. The summed E-state index contributed by atoms with van der Waals surface area (Å²) in [6.07, 6.45) is 0. The molecule has 0 radical (unpaired) electrons.